The van der Waals surface area contributed by atoms with Crippen LogP contribution in [0.3, 0.4) is 0 Å². The molecule has 3 aromatic rings. The number of nitrogens with one attached hydrogen (secondary N) is 2. The Labute approximate surface area is 175 Å². The van der Waals surface area contributed by atoms with Crippen molar-refractivity contribution in [2.75, 3.05) is 4.72 Å². The van der Waals surface area contributed by atoms with Crippen molar-refractivity contribution < 1.29 is 17.9 Å². The van der Waals surface area contributed by atoms with E-state index >= 15 is 0 Å². The molecule has 0 aliphatic heterocycles. The molecule has 0 spiro atoms. The third kappa shape index (κ3) is 5.54. The maximum Gasteiger partial charge on any atom is 0.261 e. The summed E-state index contributed by atoms with van der Waals surface area (Å²) in [7, 11) is -3.76. The van der Waals surface area contributed by atoms with Crippen LogP contribution >= 0.6 is 0 Å². The van der Waals surface area contributed by atoms with E-state index in [9.17, 15) is 13.2 Å². The summed E-state index contributed by atoms with van der Waals surface area (Å²) < 4.78 is 33.0. The molecule has 8 nitrogen and oxygen atoms in total. The summed E-state index contributed by atoms with van der Waals surface area (Å²) in [5.74, 6) is 0.136. The molecule has 0 unspecified atom stereocenters. The van der Waals surface area contributed by atoms with E-state index in [0.29, 0.717) is 17.1 Å². The number of hydrogen-bond donors (Lipinski definition) is 2. The quantitative estimate of drug-likeness (QED) is 0.573. The lowest BCUT2D eigenvalue weighted by molar-refractivity contribution is 0.0950. The second kappa shape index (κ2) is 9.36. The molecule has 156 valence electrons. The van der Waals surface area contributed by atoms with Crippen LogP contribution in [0.5, 0.6) is 5.88 Å². The van der Waals surface area contributed by atoms with Gasteiger partial charge in [-0.1, -0.05) is 6.07 Å². The van der Waals surface area contributed by atoms with Gasteiger partial charge in [0.15, 0.2) is 0 Å². The van der Waals surface area contributed by atoms with E-state index in [2.05, 4.69) is 20.0 Å². The number of nitrogens with zero attached hydrogens (tertiary/aromatic N) is 2. The van der Waals surface area contributed by atoms with Crippen molar-refractivity contribution in [1.82, 2.24) is 15.3 Å². The Hall–Kier alpha value is -3.46. The van der Waals surface area contributed by atoms with Gasteiger partial charge < -0.3 is 10.1 Å². The first-order chi connectivity index (χ1) is 14.3. The minimum atomic E-state index is -3.76. The first-order valence-electron chi connectivity index (χ1n) is 9.27. The lowest BCUT2D eigenvalue weighted by Crippen LogP contribution is -2.23. The zero-order valence-electron chi connectivity index (χ0n) is 16.6. The number of benzene rings is 1. The molecule has 0 saturated heterocycles. The van der Waals surface area contributed by atoms with E-state index in [1.54, 1.807) is 24.4 Å². The standard InChI is InChI=1S/C21H22N4O4S/c1-15(2)29-21-17(4-3-11-23-21)14-24-20(26)16-5-7-19(8-6-16)30(27,28)25-18-9-12-22-13-10-18/h3-13,15H,14H2,1-2H3,(H,22,25)(H,24,26). The zero-order valence-corrected chi connectivity index (χ0v) is 17.4. The van der Waals surface area contributed by atoms with Crippen molar-refractivity contribution >= 4 is 21.6 Å². The molecule has 3 rings (SSSR count). The van der Waals surface area contributed by atoms with Gasteiger partial charge in [-0.05, 0) is 56.3 Å². The average molecular weight is 426 g/mol. The predicted octanol–water partition coefficient (Wildman–Crippen LogP) is 2.99. The average Bonchev–Trinajstić information content (AvgIpc) is 2.73. The monoisotopic (exact) mass is 426 g/mol. The van der Waals surface area contributed by atoms with Crippen molar-refractivity contribution in [2.45, 2.75) is 31.4 Å². The maximum absolute atomic E-state index is 12.5. The summed E-state index contributed by atoms with van der Waals surface area (Å²) in [5, 5.41) is 2.80. The molecule has 0 fully saturated rings. The summed E-state index contributed by atoms with van der Waals surface area (Å²) in [6.45, 7) is 4.03. The molecule has 0 bridgehead atoms. The number of pyridine rings is 2. The molecule has 9 heteroatoms. The van der Waals surface area contributed by atoms with Crippen LogP contribution in [0.1, 0.15) is 29.8 Å². The maximum atomic E-state index is 12.5. The lowest BCUT2D eigenvalue weighted by atomic mass is 10.2. The minimum Gasteiger partial charge on any atom is -0.475 e. The summed E-state index contributed by atoms with van der Waals surface area (Å²) in [5.41, 5.74) is 1.50. The van der Waals surface area contributed by atoms with E-state index < -0.39 is 10.0 Å². The zero-order chi connectivity index (χ0) is 21.6. The van der Waals surface area contributed by atoms with E-state index in [-0.39, 0.29) is 23.5 Å². The number of aromatic nitrogens is 2. The van der Waals surface area contributed by atoms with E-state index in [0.717, 1.165) is 5.56 Å². The predicted molar refractivity (Wildman–Crippen MR) is 113 cm³/mol. The number of anilines is 1. The molecule has 0 atom stereocenters. The minimum absolute atomic E-state index is 0.0374. The second-order valence-corrected chi connectivity index (χ2v) is 8.37. The van der Waals surface area contributed by atoms with Crippen molar-refractivity contribution in [1.29, 1.82) is 0 Å². The summed E-state index contributed by atoms with van der Waals surface area (Å²) in [6.07, 6.45) is 4.57. The van der Waals surface area contributed by atoms with Gasteiger partial charge in [0, 0.05) is 36.3 Å². The van der Waals surface area contributed by atoms with Crippen LogP contribution in [0, 0.1) is 0 Å². The number of carbonyl (C=O) groups is 1. The molecule has 1 aromatic carbocycles. The van der Waals surface area contributed by atoms with Crippen molar-refractivity contribution in [3.8, 4) is 5.88 Å². The van der Waals surface area contributed by atoms with Gasteiger partial charge in [0.2, 0.25) is 5.88 Å². The number of carbonyl (C=O) groups excluding carboxylic acids is 1. The topological polar surface area (TPSA) is 110 Å². The Bertz CT molecular complexity index is 1100. The van der Waals surface area contributed by atoms with E-state index in [1.807, 2.05) is 19.9 Å². The summed E-state index contributed by atoms with van der Waals surface area (Å²) in [4.78, 5) is 20.5. The van der Waals surface area contributed by atoms with Crippen LogP contribution in [0.4, 0.5) is 5.69 Å². The van der Waals surface area contributed by atoms with Gasteiger partial charge >= 0.3 is 0 Å². The molecule has 2 N–H and O–H groups in total. The SMILES string of the molecule is CC(C)Oc1ncccc1CNC(=O)c1ccc(S(=O)(=O)Nc2ccncc2)cc1. The number of amides is 1. The highest BCUT2D eigenvalue weighted by Crippen LogP contribution is 2.17. The fraction of sp³-hybridized carbons (Fsp3) is 0.190. The third-order valence-corrected chi connectivity index (χ3v) is 5.39. The Morgan fingerprint density at radius 1 is 1.03 bits per heavy atom. The summed E-state index contributed by atoms with van der Waals surface area (Å²) >= 11 is 0. The Morgan fingerprint density at radius 2 is 1.73 bits per heavy atom. The van der Waals surface area contributed by atoms with Crippen molar-refractivity contribution in [3.63, 3.8) is 0 Å². The molecule has 0 saturated carbocycles. The molecule has 2 heterocycles. The number of rotatable bonds is 8. The largest absolute Gasteiger partial charge is 0.475 e. The van der Waals surface area contributed by atoms with Crippen molar-refractivity contribution in [2.24, 2.45) is 0 Å². The Balaban J connectivity index is 1.66. The third-order valence-electron chi connectivity index (χ3n) is 4.00. The second-order valence-electron chi connectivity index (χ2n) is 6.68. The lowest BCUT2D eigenvalue weighted by Gasteiger charge is -2.13. The molecule has 2 aromatic heterocycles. The Morgan fingerprint density at radius 3 is 2.40 bits per heavy atom. The van der Waals surface area contributed by atoms with Gasteiger partial charge in [0.1, 0.15) is 0 Å². The molecular weight excluding hydrogens is 404 g/mol. The van der Waals surface area contributed by atoms with Crippen LogP contribution < -0.4 is 14.8 Å². The first-order valence-corrected chi connectivity index (χ1v) is 10.7. The number of sulfonamides is 1. The van der Waals surface area contributed by atoms with Gasteiger partial charge in [0.05, 0.1) is 16.7 Å². The number of hydrogen-bond acceptors (Lipinski definition) is 6. The molecule has 0 radical (unpaired) electrons. The van der Waals surface area contributed by atoms with E-state index in [1.165, 1.54) is 36.7 Å². The van der Waals surface area contributed by atoms with Crippen LogP contribution in [-0.4, -0.2) is 30.4 Å². The van der Waals surface area contributed by atoms with Crippen LogP contribution in [-0.2, 0) is 16.6 Å². The summed E-state index contributed by atoms with van der Waals surface area (Å²) in [6, 6.07) is 12.4. The van der Waals surface area contributed by atoms with Gasteiger partial charge in [-0.25, -0.2) is 13.4 Å². The van der Waals surface area contributed by atoms with Gasteiger partial charge in [-0.3, -0.25) is 14.5 Å². The highest BCUT2D eigenvalue weighted by Gasteiger charge is 2.16. The van der Waals surface area contributed by atoms with Crippen molar-refractivity contribution in [3.05, 3.63) is 78.2 Å². The Kier molecular flexibility index (Phi) is 6.63. The number of ether oxygens (including phenoxy) is 1. The highest BCUT2D eigenvalue weighted by atomic mass is 32.2. The first kappa shape index (κ1) is 21.3. The van der Waals surface area contributed by atoms with Gasteiger partial charge in [-0.2, -0.15) is 0 Å². The van der Waals surface area contributed by atoms with Gasteiger partial charge in [-0.15, -0.1) is 0 Å². The highest BCUT2D eigenvalue weighted by molar-refractivity contribution is 7.92. The van der Waals surface area contributed by atoms with Gasteiger partial charge in [0.25, 0.3) is 15.9 Å². The molecular formula is C21H22N4O4S. The molecule has 1 amide bonds. The smallest absolute Gasteiger partial charge is 0.261 e. The van der Waals surface area contributed by atoms with Crippen LogP contribution in [0.2, 0.25) is 0 Å². The molecule has 0 aliphatic carbocycles. The fourth-order valence-corrected chi connectivity index (χ4v) is 3.64. The van der Waals surface area contributed by atoms with Crippen LogP contribution in [0.15, 0.2) is 72.0 Å². The molecule has 0 aliphatic rings. The van der Waals surface area contributed by atoms with Crippen LogP contribution in [0.25, 0.3) is 0 Å². The fourth-order valence-electron chi connectivity index (χ4n) is 2.59. The van der Waals surface area contributed by atoms with E-state index in [4.69, 9.17) is 4.74 Å². The normalized spacial score (nSPS) is 11.2. The molecule has 30 heavy (non-hydrogen) atoms.